The summed E-state index contributed by atoms with van der Waals surface area (Å²) < 4.78 is 0. The van der Waals surface area contributed by atoms with Crippen LogP contribution in [0.25, 0.3) is 0 Å². The Bertz CT molecular complexity index is 396. The van der Waals surface area contributed by atoms with Crippen molar-refractivity contribution >= 4 is 5.69 Å². The molecule has 2 rings (SSSR count). The van der Waals surface area contributed by atoms with Gasteiger partial charge in [0.25, 0.3) is 0 Å². The Morgan fingerprint density at radius 1 is 1.41 bits per heavy atom. The third-order valence-corrected chi connectivity index (χ3v) is 3.10. The second kappa shape index (κ2) is 4.57. The van der Waals surface area contributed by atoms with Gasteiger partial charge in [-0.2, -0.15) is 0 Å². The van der Waals surface area contributed by atoms with Crippen LogP contribution >= 0.6 is 0 Å². The maximum absolute atomic E-state index is 9.49. The van der Waals surface area contributed by atoms with Crippen molar-refractivity contribution in [2.45, 2.75) is 32.7 Å². The van der Waals surface area contributed by atoms with Crippen molar-refractivity contribution in [1.82, 2.24) is 5.32 Å². The van der Waals surface area contributed by atoms with Crippen LogP contribution in [-0.2, 0) is 6.42 Å². The molecule has 3 heteroatoms. The van der Waals surface area contributed by atoms with Gasteiger partial charge in [-0.25, -0.2) is 0 Å². The summed E-state index contributed by atoms with van der Waals surface area (Å²) in [6.07, 6.45) is 1.03. The van der Waals surface area contributed by atoms with Crippen molar-refractivity contribution in [2.75, 3.05) is 18.4 Å². The van der Waals surface area contributed by atoms with E-state index in [1.54, 1.807) is 6.07 Å². The van der Waals surface area contributed by atoms with E-state index in [1.807, 2.05) is 12.1 Å². The number of aromatic hydroxyl groups is 1. The molecule has 1 aliphatic heterocycles. The predicted octanol–water partition coefficient (Wildman–Crippen LogP) is 2.36. The first-order chi connectivity index (χ1) is 7.94. The third-order valence-electron chi connectivity index (χ3n) is 3.10. The summed E-state index contributed by atoms with van der Waals surface area (Å²) in [5.74, 6) is 0.943. The van der Waals surface area contributed by atoms with E-state index in [2.05, 4.69) is 31.4 Å². The molecule has 1 unspecified atom stereocenters. The van der Waals surface area contributed by atoms with E-state index in [9.17, 15) is 5.11 Å². The van der Waals surface area contributed by atoms with E-state index >= 15 is 0 Å². The monoisotopic (exact) mass is 234 g/mol. The highest BCUT2D eigenvalue weighted by Crippen LogP contribution is 2.27. The summed E-state index contributed by atoms with van der Waals surface area (Å²) in [7, 11) is 0. The van der Waals surface area contributed by atoms with Crippen molar-refractivity contribution in [1.29, 1.82) is 0 Å². The summed E-state index contributed by atoms with van der Waals surface area (Å²) in [5, 5.41) is 16.4. The molecule has 1 heterocycles. The molecule has 0 bridgehead atoms. The zero-order valence-electron chi connectivity index (χ0n) is 10.9. The molecule has 0 fully saturated rings. The molecule has 0 saturated heterocycles. The highest BCUT2D eigenvalue weighted by Gasteiger charge is 2.20. The Hall–Kier alpha value is -1.22. The molecule has 1 aromatic carbocycles. The molecule has 0 amide bonds. The fourth-order valence-electron chi connectivity index (χ4n) is 2.15. The number of hydrogen-bond acceptors (Lipinski definition) is 3. The van der Waals surface area contributed by atoms with Crippen LogP contribution in [0.2, 0.25) is 0 Å². The molecule has 0 aromatic heterocycles. The zero-order valence-corrected chi connectivity index (χ0v) is 10.9. The standard InChI is InChI=1S/C14H22N2O/c1-14(2,3)16-9-10-6-11-7-12(17)4-5-13(11)15-8-10/h4-5,7,10,15-17H,6,8-9H2,1-3H3. The third kappa shape index (κ3) is 3.37. The van der Waals surface area contributed by atoms with Crippen LogP contribution in [-0.4, -0.2) is 23.7 Å². The van der Waals surface area contributed by atoms with E-state index in [4.69, 9.17) is 0 Å². The molecule has 0 saturated carbocycles. The maximum Gasteiger partial charge on any atom is 0.116 e. The molecule has 1 atom stereocenters. The molecule has 0 aliphatic carbocycles. The number of benzene rings is 1. The normalized spacial score (nSPS) is 19.6. The van der Waals surface area contributed by atoms with Crippen molar-refractivity contribution in [3.8, 4) is 5.75 Å². The van der Waals surface area contributed by atoms with Gasteiger partial charge in [-0.3, -0.25) is 0 Å². The zero-order chi connectivity index (χ0) is 12.5. The maximum atomic E-state index is 9.49. The molecule has 17 heavy (non-hydrogen) atoms. The molecule has 3 nitrogen and oxygen atoms in total. The number of phenols is 1. The van der Waals surface area contributed by atoms with E-state index in [0.717, 1.165) is 25.2 Å². The van der Waals surface area contributed by atoms with Gasteiger partial charge in [0.1, 0.15) is 5.75 Å². The molecule has 1 aromatic rings. The van der Waals surface area contributed by atoms with Crippen molar-refractivity contribution < 1.29 is 5.11 Å². The fraction of sp³-hybridized carbons (Fsp3) is 0.571. The van der Waals surface area contributed by atoms with E-state index < -0.39 is 0 Å². The molecule has 0 radical (unpaired) electrons. The number of rotatable bonds is 2. The van der Waals surface area contributed by atoms with Gasteiger partial charge in [-0.15, -0.1) is 0 Å². The topological polar surface area (TPSA) is 44.3 Å². The first-order valence-electron chi connectivity index (χ1n) is 6.25. The van der Waals surface area contributed by atoms with Crippen LogP contribution in [0.3, 0.4) is 0 Å². The molecular formula is C14H22N2O. The lowest BCUT2D eigenvalue weighted by Crippen LogP contribution is -2.42. The van der Waals surface area contributed by atoms with Crippen LogP contribution in [0.4, 0.5) is 5.69 Å². The number of fused-ring (bicyclic) bond motifs is 1. The fourth-order valence-corrected chi connectivity index (χ4v) is 2.15. The minimum atomic E-state index is 0.166. The van der Waals surface area contributed by atoms with Gasteiger partial charge in [-0.1, -0.05) is 0 Å². The molecule has 94 valence electrons. The summed E-state index contributed by atoms with van der Waals surface area (Å²) in [5.41, 5.74) is 2.55. The largest absolute Gasteiger partial charge is 0.508 e. The van der Waals surface area contributed by atoms with Gasteiger partial charge in [0, 0.05) is 24.3 Å². The van der Waals surface area contributed by atoms with Crippen molar-refractivity contribution in [3.05, 3.63) is 23.8 Å². The van der Waals surface area contributed by atoms with Gasteiger partial charge in [0.05, 0.1) is 0 Å². The SMILES string of the molecule is CC(C)(C)NCC1CNc2ccc(O)cc2C1. The summed E-state index contributed by atoms with van der Waals surface area (Å²) in [6.45, 7) is 8.56. The molecule has 0 spiro atoms. The average molecular weight is 234 g/mol. The summed E-state index contributed by atoms with van der Waals surface area (Å²) >= 11 is 0. The second-order valence-corrected chi connectivity index (χ2v) is 5.92. The lowest BCUT2D eigenvalue weighted by molar-refractivity contribution is 0.372. The van der Waals surface area contributed by atoms with Crippen molar-refractivity contribution in [2.24, 2.45) is 5.92 Å². The lowest BCUT2D eigenvalue weighted by atomic mass is 9.93. The van der Waals surface area contributed by atoms with Crippen LogP contribution in [0.5, 0.6) is 5.75 Å². The summed E-state index contributed by atoms with van der Waals surface area (Å²) in [4.78, 5) is 0. The van der Waals surface area contributed by atoms with E-state index in [-0.39, 0.29) is 5.54 Å². The molecule has 3 N–H and O–H groups in total. The second-order valence-electron chi connectivity index (χ2n) is 5.92. The Labute approximate surface area is 103 Å². The quantitative estimate of drug-likeness (QED) is 0.688. The van der Waals surface area contributed by atoms with Gasteiger partial charge in [0.15, 0.2) is 0 Å². The Balaban J connectivity index is 1.98. The highest BCUT2D eigenvalue weighted by atomic mass is 16.3. The van der Waals surface area contributed by atoms with Crippen LogP contribution in [0.15, 0.2) is 18.2 Å². The Morgan fingerprint density at radius 2 is 2.18 bits per heavy atom. The number of phenolic OH excluding ortho intramolecular Hbond substituents is 1. The average Bonchev–Trinajstić information content (AvgIpc) is 2.24. The minimum absolute atomic E-state index is 0.166. The Morgan fingerprint density at radius 3 is 2.88 bits per heavy atom. The molecule has 1 aliphatic rings. The van der Waals surface area contributed by atoms with Gasteiger partial charge in [0.2, 0.25) is 0 Å². The van der Waals surface area contributed by atoms with E-state index in [0.29, 0.717) is 11.7 Å². The number of anilines is 1. The molecular weight excluding hydrogens is 212 g/mol. The Kier molecular flexibility index (Phi) is 3.29. The highest BCUT2D eigenvalue weighted by molar-refractivity contribution is 5.55. The van der Waals surface area contributed by atoms with Gasteiger partial charge in [-0.05, 0) is 56.9 Å². The lowest BCUT2D eigenvalue weighted by Gasteiger charge is -2.29. The van der Waals surface area contributed by atoms with Crippen molar-refractivity contribution in [3.63, 3.8) is 0 Å². The number of hydrogen-bond donors (Lipinski definition) is 3. The number of nitrogens with one attached hydrogen (secondary N) is 2. The summed E-state index contributed by atoms with van der Waals surface area (Å²) in [6, 6.07) is 5.56. The van der Waals surface area contributed by atoms with Gasteiger partial charge >= 0.3 is 0 Å². The van der Waals surface area contributed by atoms with Crippen LogP contribution in [0, 0.1) is 5.92 Å². The first kappa shape index (κ1) is 12.2. The van der Waals surface area contributed by atoms with Gasteiger partial charge < -0.3 is 15.7 Å². The minimum Gasteiger partial charge on any atom is -0.508 e. The van der Waals surface area contributed by atoms with Crippen LogP contribution in [0.1, 0.15) is 26.3 Å². The van der Waals surface area contributed by atoms with Crippen LogP contribution < -0.4 is 10.6 Å². The smallest absolute Gasteiger partial charge is 0.116 e. The predicted molar refractivity (Wildman–Crippen MR) is 71.5 cm³/mol. The first-order valence-corrected chi connectivity index (χ1v) is 6.25. The van der Waals surface area contributed by atoms with E-state index in [1.165, 1.54) is 5.56 Å².